The van der Waals surface area contributed by atoms with Crippen LogP contribution >= 0.6 is 0 Å². The molecule has 1 saturated heterocycles. The summed E-state index contributed by atoms with van der Waals surface area (Å²) >= 11 is 0. The van der Waals surface area contributed by atoms with Gasteiger partial charge in [-0.2, -0.15) is 0 Å². The second kappa shape index (κ2) is 10.9. The van der Waals surface area contributed by atoms with Crippen molar-refractivity contribution in [1.82, 2.24) is 10.2 Å². The first-order chi connectivity index (χ1) is 16.8. The molecule has 1 fully saturated rings. The molecule has 2 aromatic carbocycles. The highest BCUT2D eigenvalue weighted by molar-refractivity contribution is 5.86. The van der Waals surface area contributed by atoms with Crippen LogP contribution in [0.4, 0.5) is 4.79 Å². The molecule has 1 aliphatic heterocycles. The minimum atomic E-state index is -1.03. The largest absolute Gasteiger partial charge is 0.481 e. The summed E-state index contributed by atoms with van der Waals surface area (Å²) in [4.78, 5) is 38.8. The van der Waals surface area contributed by atoms with Gasteiger partial charge in [0.1, 0.15) is 12.6 Å². The molecule has 2 aliphatic rings. The Labute approximate surface area is 205 Å². The Morgan fingerprint density at radius 3 is 2.31 bits per heavy atom. The predicted molar refractivity (Wildman–Crippen MR) is 130 cm³/mol. The number of hydrogen-bond donors (Lipinski definition) is 2. The number of carbonyl (C=O) groups excluding carboxylic acids is 2. The standard InChI is InChI=1S/C27H32N2O6/c1-17-13-14-29(15-18(2)35-17)26(32)24(11-12-25(30)31)28-27(33)34-16-23-21-9-5-3-7-19(21)20-8-4-6-10-22(20)23/h3-10,17-18,23-24H,11-16H2,1-2H3,(H,28,33)(H,30,31). The minimum Gasteiger partial charge on any atom is -0.481 e. The monoisotopic (exact) mass is 480 g/mol. The fourth-order valence-corrected chi connectivity index (χ4v) is 4.98. The Kier molecular flexibility index (Phi) is 7.70. The third-order valence-electron chi connectivity index (χ3n) is 6.64. The van der Waals surface area contributed by atoms with Gasteiger partial charge in [0.2, 0.25) is 5.91 Å². The van der Waals surface area contributed by atoms with E-state index in [1.54, 1.807) is 4.90 Å². The number of amides is 2. The van der Waals surface area contributed by atoms with Crippen molar-refractivity contribution in [3.8, 4) is 11.1 Å². The van der Waals surface area contributed by atoms with Crippen molar-refractivity contribution in [3.05, 3.63) is 59.7 Å². The van der Waals surface area contributed by atoms with E-state index in [4.69, 9.17) is 14.6 Å². The quantitative estimate of drug-likeness (QED) is 0.625. The number of nitrogens with zero attached hydrogens (tertiary/aromatic N) is 1. The Balaban J connectivity index is 1.43. The number of ether oxygens (including phenoxy) is 2. The molecule has 0 radical (unpaired) electrons. The van der Waals surface area contributed by atoms with Crippen LogP contribution in [0.5, 0.6) is 0 Å². The van der Waals surface area contributed by atoms with E-state index in [2.05, 4.69) is 17.4 Å². The van der Waals surface area contributed by atoms with Crippen LogP contribution in [0.15, 0.2) is 48.5 Å². The van der Waals surface area contributed by atoms with E-state index in [1.165, 1.54) is 0 Å². The SMILES string of the molecule is CC1CCN(C(=O)C(CCC(=O)O)NC(=O)OCC2c3ccccc3-c3ccccc32)CC(C)O1. The number of rotatable bonds is 7. The molecule has 8 nitrogen and oxygen atoms in total. The molecule has 35 heavy (non-hydrogen) atoms. The Morgan fingerprint density at radius 2 is 1.69 bits per heavy atom. The van der Waals surface area contributed by atoms with Gasteiger partial charge in [-0.1, -0.05) is 48.5 Å². The number of nitrogens with one attached hydrogen (secondary N) is 1. The Hall–Kier alpha value is -3.39. The maximum absolute atomic E-state index is 13.2. The molecule has 2 amide bonds. The smallest absolute Gasteiger partial charge is 0.407 e. The molecule has 0 aromatic heterocycles. The van der Waals surface area contributed by atoms with Gasteiger partial charge in [0.05, 0.1) is 12.2 Å². The Morgan fingerprint density at radius 1 is 1.06 bits per heavy atom. The van der Waals surface area contributed by atoms with Gasteiger partial charge in [0.25, 0.3) is 0 Å². The molecule has 4 rings (SSSR count). The third-order valence-corrected chi connectivity index (χ3v) is 6.64. The van der Waals surface area contributed by atoms with Crippen LogP contribution < -0.4 is 5.32 Å². The predicted octanol–water partition coefficient (Wildman–Crippen LogP) is 3.78. The second-order valence-electron chi connectivity index (χ2n) is 9.29. The second-order valence-corrected chi connectivity index (χ2v) is 9.29. The number of carbonyl (C=O) groups is 3. The summed E-state index contributed by atoms with van der Waals surface area (Å²) < 4.78 is 11.4. The van der Waals surface area contributed by atoms with Crippen LogP contribution in [0.25, 0.3) is 11.1 Å². The number of hydrogen-bond acceptors (Lipinski definition) is 5. The maximum atomic E-state index is 13.2. The number of fused-ring (bicyclic) bond motifs is 3. The third kappa shape index (κ3) is 5.82. The fourth-order valence-electron chi connectivity index (χ4n) is 4.98. The van der Waals surface area contributed by atoms with Crippen molar-refractivity contribution in [2.75, 3.05) is 19.7 Å². The summed E-state index contributed by atoms with van der Waals surface area (Å²) in [7, 11) is 0. The van der Waals surface area contributed by atoms with Gasteiger partial charge in [-0.3, -0.25) is 9.59 Å². The average molecular weight is 481 g/mol. The Bertz CT molecular complexity index is 1040. The summed E-state index contributed by atoms with van der Waals surface area (Å²) in [6, 6.07) is 15.1. The first-order valence-corrected chi connectivity index (χ1v) is 12.1. The highest BCUT2D eigenvalue weighted by Crippen LogP contribution is 2.44. The molecule has 2 aromatic rings. The van der Waals surface area contributed by atoms with Crippen molar-refractivity contribution in [2.24, 2.45) is 0 Å². The minimum absolute atomic E-state index is 0.0142. The fraction of sp³-hybridized carbons (Fsp3) is 0.444. The number of carboxylic acid groups (broad SMARTS) is 1. The highest BCUT2D eigenvalue weighted by Gasteiger charge is 2.32. The zero-order valence-corrected chi connectivity index (χ0v) is 20.1. The molecule has 3 atom stereocenters. The molecule has 0 bridgehead atoms. The van der Waals surface area contributed by atoms with E-state index < -0.39 is 18.1 Å². The van der Waals surface area contributed by atoms with Crippen LogP contribution in [0, 0.1) is 0 Å². The van der Waals surface area contributed by atoms with Gasteiger partial charge in [-0.15, -0.1) is 0 Å². The molecule has 1 aliphatic carbocycles. The van der Waals surface area contributed by atoms with Crippen LogP contribution in [0.3, 0.4) is 0 Å². The zero-order chi connectivity index (χ0) is 24.9. The molecule has 8 heteroatoms. The van der Waals surface area contributed by atoms with Gasteiger partial charge in [0, 0.05) is 25.4 Å². The summed E-state index contributed by atoms with van der Waals surface area (Å²) in [5.41, 5.74) is 4.43. The van der Waals surface area contributed by atoms with Gasteiger partial charge < -0.3 is 24.8 Å². The summed E-state index contributed by atoms with van der Waals surface area (Å²) in [6.07, 6.45) is -0.438. The average Bonchev–Trinajstić information content (AvgIpc) is 3.05. The summed E-state index contributed by atoms with van der Waals surface area (Å²) in [6.45, 7) is 4.85. The molecule has 186 valence electrons. The lowest BCUT2D eigenvalue weighted by Crippen LogP contribution is -2.50. The molecule has 2 N–H and O–H groups in total. The van der Waals surface area contributed by atoms with Gasteiger partial charge in [0.15, 0.2) is 0 Å². The van der Waals surface area contributed by atoms with E-state index >= 15 is 0 Å². The van der Waals surface area contributed by atoms with E-state index in [-0.39, 0.29) is 43.5 Å². The van der Waals surface area contributed by atoms with Gasteiger partial charge >= 0.3 is 12.1 Å². The van der Waals surface area contributed by atoms with E-state index in [1.807, 2.05) is 50.2 Å². The lowest BCUT2D eigenvalue weighted by atomic mass is 9.98. The molecular formula is C27H32N2O6. The molecule has 0 saturated carbocycles. The number of aliphatic carboxylic acids is 1. The van der Waals surface area contributed by atoms with E-state index in [0.29, 0.717) is 19.5 Å². The molecular weight excluding hydrogens is 448 g/mol. The highest BCUT2D eigenvalue weighted by atomic mass is 16.5. The maximum Gasteiger partial charge on any atom is 0.407 e. The van der Waals surface area contributed by atoms with Crippen LogP contribution in [0.1, 0.15) is 50.2 Å². The summed E-state index contributed by atoms with van der Waals surface area (Å²) in [5, 5.41) is 11.8. The number of alkyl carbamates (subject to hydrolysis) is 1. The van der Waals surface area contributed by atoms with E-state index in [0.717, 1.165) is 22.3 Å². The molecule has 3 unspecified atom stereocenters. The molecule has 0 spiro atoms. The van der Waals surface area contributed by atoms with Crippen molar-refractivity contribution in [2.45, 2.75) is 57.3 Å². The van der Waals surface area contributed by atoms with Crippen molar-refractivity contribution in [1.29, 1.82) is 0 Å². The number of carboxylic acids is 1. The van der Waals surface area contributed by atoms with Crippen LogP contribution in [0.2, 0.25) is 0 Å². The van der Waals surface area contributed by atoms with Crippen molar-refractivity contribution < 1.29 is 29.0 Å². The molecule has 1 heterocycles. The lowest BCUT2D eigenvalue weighted by Gasteiger charge is -2.27. The first kappa shape index (κ1) is 24.7. The first-order valence-electron chi connectivity index (χ1n) is 12.1. The normalized spacial score (nSPS) is 20.3. The van der Waals surface area contributed by atoms with Crippen LogP contribution in [-0.4, -0.2) is 65.9 Å². The van der Waals surface area contributed by atoms with Gasteiger partial charge in [-0.25, -0.2) is 4.79 Å². The van der Waals surface area contributed by atoms with Crippen molar-refractivity contribution in [3.63, 3.8) is 0 Å². The lowest BCUT2D eigenvalue weighted by molar-refractivity contribution is -0.138. The topological polar surface area (TPSA) is 105 Å². The zero-order valence-electron chi connectivity index (χ0n) is 20.1. The van der Waals surface area contributed by atoms with E-state index in [9.17, 15) is 14.4 Å². The van der Waals surface area contributed by atoms with Gasteiger partial charge in [-0.05, 0) is 48.9 Å². The van der Waals surface area contributed by atoms with Crippen molar-refractivity contribution >= 4 is 18.0 Å². The van der Waals surface area contributed by atoms with Crippen LogP contribution in [-0.2, 0) is 19.1 Å². The summed E-state index contributed by atoms with van der Waals surface area (Å²) in [5.74, 6) is -1.45. The number of benzene rings is 2.